The molecule has 110 valence electrons. The van der Waals surface area contributed by atoms with Crippen molar-refractivity contribution in [1.29, 1.82) is 0 Å². The van der Waals surface area contributed by atoms with Crippen molar-refractivity contribution in [1.82, 2.24) is 0 Å². The third kappa shape index (κ3) is 3.65. The summed E-state index contributed by atoms with van der Waals surface area (Å²) in [7, 11) is 0. The van der Waals surface area contributed by atoms with Crippen LogP contribution in [0.4, 0.5) is 18.9 Å². The lowest BCUT2D eigenvalue weighted by Gasteiger charge is -2.10. The van der Waals surface area contributed by atoms with Gasteiger partial charge in [0.25, 0.3) is 5.69 Å². The lowest BCUT2D eigenvalue weighted by molar-refractivity contribution is -0.385. The molecule has 0 saturated heterocycles. The maximum Gasteiger partial charge on any atom is 0.416 e. The van der Waals surface area contributed by atoms with Gasteiger partial charge in [-0.25, -0.2) is 0 Å². The molecule has 3 nitrogen and oxygen atoms in total. The van der Waals surface area contributed by atoms with E-state index in [-0.39, 0.29) is 21.2 Å². The number of alkyl halides is 3. The normalized spacial score (nSPS) is 11.5. The van der Waals surface area contributed by atoms with Crippen LogP contribution in [0.1, 0.15) is 5.56 Å². The zero-order valence-electron chi connectivity index (χ0n) is 10.1. The van der Waals surface area contributed by atoms with Crippen LogP contribution in [0.3, 0.4) is 0 Å². The Morgan fingerprint density at radius 3 is 1.90 bits per heavy atom. The molecule has 0 radical (unpaired) electrons. The number of benzene rings is 2. The topological polar surface area (TPSA) is 43.1 Å². The largest absolute Gasteiger partial charge is 0.416 e. The summed E-state index contributed by atoms with van der Waals surface area (Å²) in [6.07, 6.45) is -4.69. The molecule has 0 saturated carbocycles. The molecular weight excluding hydrogens is 330 g/mol. The van der Waals surface area contributed by atoms with Gasteiger partial charge in [-0.2, -0.15) is 13.2 Å². The summed E-state index contributed by atoms with van der Waals surface area (Å²) in [4.78, 5) is 9.90. The predicted molar refractivity (Wildman–Crippen MR) is 73.6 cm³/mol. The molecule has 2 aromatic rings. The van der Waals surface area contributed by atoms with E-state index in [1.54, 1.807) is 0 Å². The summed E-state index contributed by atoms with van der Waals surface area (Å²) in [5.41, 5.74) is -1.48. The van der Waals surface area contributed by atoms with Gasteiger partial charge in [-0.3, -0.25) is 10.1 Å². The highest BCUT2D eigenvalue weighted by Gasteiger charge is 2.32. The molecule has 0 amide bonds. The predicted octanol–water partition coefficient (Wildman–Crippen LogP) is 5.59. The molecular formula is C13H6Cl2F3NO2. The van der Waals surface area contributed by atoms with E-state index in [4.69, 9.17) is 23.2 Å². The molecule has 0 aliphatic rings. The quantitative estimate of drug-likeness (QED) is 0.530. The molecule has 0 unspecified atom stereocenters. The Bertz CT molecular complexity index is 697. The second kappa shape index (κ2) is 5.54. The molecule has 0 aliphatic carbocycles. The molecule has 0 bridgehead atoms. The van der Waals surface area contributed by atoms with Gasteiger partial charge in [0.2, 0.25) is 0 Å². The second-order valence-corrected chi connectivity index (χ2v) is 5.05. The Hall–Kier alpha value is -1.79. The Balaban J connectivity index is 2.67. The smallest absolute Gasteiger partial charge is 0.258 e. The van der Waals surface area contributed by atoms with Crippen molar-refractivity contribution in [3.63, 3.8) is 0 Å². The highest BCUT2D eigenvalue weighted by Crippen LogP contribution is 2.36. The van der Waals surface area contributed by atoms with Gasteiger partial charge in [0.15, 0.2) is 0 Å². The van der Waals surface area contributed by atoms with Crippen LogP contribution >= 0.6 is 23.2 Å². The van der Waals surface area contributed by atoms with Crippen molar-refractivity contribution in [3.05, 3.63) is 62.1 Å². The zero-order valence-corrected chi connectivity index (χ0v) is 11.6. The van der Waals surface area contributed by atoms with Crippen LogP contribution in [0.25, 0.3) is 11.1 Å². The highest BCUT2D eigenvalue weighted by atomic mass is 35.5. The molecule has 0 N–H and O–H groups in total. The first-order valence-electron chi connectivity index (χ1n) is 5.50. The van der Waals surface area contributed by atoms with E-state index < -0.39 is 22.4 Å². The first-order valence-corrected chi connectivity index (χ1v) is 6.25. The Morgan fingerprint density at radius 2 is 1.43 bits per heavy atom. The first-order chi connectivity index (χ1) is 9.66. The maximum absolute atomic E-state index is 12.8. The minimum absolute atomic E-state index is 0.0147. The van der Waals surface area contributed by atoms with Crippen LogP contribution in [0.2, 0.25) is 10.0 Å². The number of rotatable bonds is 2. The minimum Gasteiger partial charge on any atom is -0.258 e. The molecule has 2 rings (SSSR count). The van der Waals surface area contributed by atoms with Crippen LogP contribution < -0.4 is 0 Å². The lowest BCUT2D eigenvalue weighted by Crippen LogP contribution is -2.06. The van der Waals surface area contributed by atoms with Crippen molar-refractivity contribution < 1.29 is 18.1 Å². The van der Waals surface area contributed by atoms with Crippen molar-refractivity contribution in [2.75, 3.05) is 0 Å². The third-order valence-corrected chi connectivity index (χ3v) is 3.09. The number of nitro benzene ring substituents is 1. The standard InChI is InChI=1S/C13H6Cl2F3NO2/c14-10-2-8(3-11(15)6-10)7-1-9(13(16,17)18)5-12(4-7)19(20)21/h1-6H. The van der Waals surface area contributed by atoms with Gasteiger partial charge >= 0.3 is 6.18 Å². The Morgan fingerprint density at radius 1 is 0.905 bits per heavy atom. The van der Waals surface area contributed by atoms with E-state index in [1.807, 2.05) is 0 Å². The van der Waals surface area contributed by atoms with Crippen LogP contribution in [0, 0.1) is 10.1 Å². The number of hydrogen-bond acceptors (Lipinski definition) is 2. The first kappa shape index (κ1) is 15.6. The number of non-ortho nitro benzene ring substituents is 1. The Labute approximate surface area is 127 Å². The molecule has 2 aromatic carbocycles. The number of hydrogen-bond donors (Lipinski definition) is 0. The molecule has 0 aromatic heterocycles. The highest BCUT2D eigenvalue weighted by molar-refractivity contribution is 6.35. The van der Waals surface area contributed by atoms with E-state index in [0.717, 1.165) is 12.1 Å². The number of nitrogens with zero attached hydrogens (tertiary/aromatic N) is 1. The monoisotopic (exact) mass is 335 g/mol. The number of halogens is 5. The van der Waals surface area contributed by atoms with E-state index >= 15 is 0 Å². The molecule has 0 fully saturated rings. The van der Waals surface area contributed by atoms with Gasteiger partial charge in [0.05, 0.1) is 10.5 Å². The van der Waals surface area contributed by atoms with Crippen molar-refractivity contribution in [2.24, 2.45) is 0 Å². The van der Waals surface area contributed by atoms with Crippen molar-refractivity contribution >= 4 is 28.9 Å². The van der Waals surface area contributed by atoms with Crippen LogP contribution in [-0.2, 0) is 6.18 Å². The zero-order chi connectivity index (χ0) is 15.8. The third-order valence-electron chi connectivity index (χ3n) is 2.65. The van der Waals surface area contributed by atoms with Crippen LogP contribution in [0.5, 0.6) is 0 Å². The summed E-state index contributed by atoms with van der Waals surface area (Å²) >= 11 is 11.6. The van der Waals surface area contributed by atoms with Gasteiger partial charge < -0.3 is 0 Å². The Kier molecular flexibility index (Phi) is 4.11. The van der Waals surface area contributed by atoms with Crippen LogP contribution in [-0.4, -0.2) is 4.92 Å². The summed E-state index contributed by atoms with van der Waals surface area (Å²) in [6.45, 7) is 0. The van der Waals surface area contributed by atoms with Crippen molar-refractivity contribution in [3.8, 4) is 11.1 Å². The number of nitro groups is 1. The second-order valence-electron chi connectivity index (χ2n) is 4.18. The van der Waals surface area contributed by atoms with E-state index in [9.17, 15) is 23.3 Å². The summed E-state index contributed by atoms with van der Waals surface area (Å²) < 4.78 is 38.4. The summed E-state index contributed by atoms with van der Waals surface area (Å²) in [5, 5.41) is 11.2. The molecule has 8 heteroatoms. The van der Waals surface area contributed by atoms with Gasteiger partial charge in [0.1, 0.15) is 0 Å². The fourth-order valence-corrected chi connectivity index (χ4v) is 2.29. The summed E-state index contributed by atoms with van der Waals surface area (Å²) in [5.74, 6) is 0. The van der Waals surface area contributed by atoms with Gasteiger partial charge in [-0.1, -0.05) is 23.2 Å². The van der Waals surface area contributed by atoms with Crippen LogP contribution in [0.15, 0.2) is 36.4 Å². The SMILES string of the molecule is O=[N+]([O-])c1cc(-c2cc(Cl)cc(Cl)c2)cc(C(F)(F)F)c1. The van der Waals surface area contributed by atoms with E-state index in [2.05, 4.69) is 0 Å². The summed E-state index contributed by atoms with van der Waals surface area (Å²) in [6, 6.07) is 6.51. The lowest BCUT2D eigenvalue weighted by atomic mass is 10.0. The average molecular weight is 336 g/mol. The minimum atomic E-state index is -4.69. The van der Waals surface area contributed by atoms with Gasteiger partial charge in [-0.15, -0.1) is 0 Å². The molecule has 0 spiro atoms. The maximum atomic E-state index is 12.8. The van der Waals surface area contributed by atoms with Gasteiger partial charge in [0, 0.05) is 22.2 Å². The molecule has 0 aliphatic heterocycles. The molecule has 0 atom stereocenters. The fourth-order valence-electron chi connectivity index (χ4n) is 1.77. The molecule has 0 heterocycles. The fraction of sp³-hybridized carbons (Fsp3) is 0.0769. The molecule has 21 heavy (non-hydrogen) atoms. The van der Waals surface area contributed by atoms with E-state index in [0.29, 0.717) is 6.07 Å². The van der Waals surface area contributed by atoms with E-state index in [1.165, 1.54) is 18.2 Å². The van der Waals surface area contributed by atoms with Crippen molar-refractivity contribution in [2.45, 2.75) is 6.18 Å². The van der Waals surface area contributed by atoms with Gasteiger partial charge in [-0.05, 0) is 35.4 Å². The average Bonchev–Trinajstić information content (AvgIpc) is 2.36.